The molecule has 2 rings (SSSR count). The van der Waals surface area contributed by atoms with Crippen molar-refractivity contribution < 1.29 is 9.31 Å². The molecule has 0 saturated heterocycles. The number of nitro benzene ring substituents is 1. The van der Waals surface area contributed by atoms with Gasteiger partial charge in [-0.3, -0.25) is 10.1 Å². The van der Waals surface area contributed by atoms with Gasteiger partial charge in [0.1, 0.15) is 11.5 Å². The van der Waals surface area contributed by atoms with Crippen LogP contribution in [0.5, 0.6) is 0 Å². The first-order chi connectivity index (χ1) is 9.47. The third-order valence-corrected chi connectivity index (χ3v) is 3.25. The van der Waals surface area contributed by atoms with Crippen LogP contribution in [-0.4, -0.2) is 4.92 Å². The number of nitrogens with zero attached hydrogens (tertiary/aromatic N) is 1. The fourth-order valence-corrected chi connectivity index (χ4v) is 1.97. The van der Waals surface area contributed by atoms with E-state index >= 15 is 0 Å². The number of nitrogens with one attached hydrogen (secondary N) is 1. The molecule has 1 N–H and O–H groups in total. The maximum Gasteiger partial charge on any atom is 0.292 e. The summed E-state index contributed by atoms with van der Waals surface area (Å²) in [5.41, 5.74) is 1.59. The molecule has 4 nitrogen and oxygen atoms in total. The van der Waals surface area contributed by atoms with E-state index in [1.54, 1.807) is 19.1 Å². The predicted octanol–water partition coefficient (Wildman–Crippen LogP) is 4.31. The molecule has 104 valence electrons. The average molecular weight is 295 g/mol. The molecule has 0 atom stereocenters. The largest absolute Gasteiger partial charge is 0.375 e. The van der Waals surface area contributed by atoms with Crippen molar-refractivity contribution in [1.29, 1.82) is 0 Å². The van der Waals surface area contributed by atoms with Crippen LogP contribution in [0.2, 0.25) is 5.02 Å². The van der Waals surface area contributed by atoms with Crippen LogP contribution in [0.4, 0.5) is 15.8 Å². The Morgan fingerprint density at radius 2 is 2.10 bits per heavy atom. The van der Waals surface area contributed by atoms with Gasteiger partial charge in [-0.25, -0.2) is 4.39 Å². The first-order valence-electron chi connectivity index (χ1n) is 5.90. The Bertz CT molecular complexity index is 662. The quantitative estimate of drug-likeness (QED) is 0.675. The zero-order chi connectivity index (χ0) is 14.7. The summed E-state index contributed by atoms with van der Waals surface area (Å²) in [5, 5.41) is 14.4. The second kappa shape index (κ2) is 5.88. The topological polar surface area (TPSA) is 55.2 Å². The molecule has 0 amide bonds. The van der Waals surface area contributed by atoms with E-state index in [2.05, 4.69) is 5.32 Å². The highest BCUT2D eigenvalue weighted by Crippen LogP contribution is 2.31. The van der Waals surface area contributed by atoms with Crippen molar-refractivity contribution >= 4 is 23.0 Å². The number of nitro groups is 1. The van der Waals surface area contributed by atoms with Gasteiger partial charge in [-0.15, -0.1) is 0 Å². The zero-order valence-corrected chi connectivity index (χ0v) is 11.4. The lowest BCUT2D eigenvalue weighted by molar-refractivity contribution is -0.384. The molecule has 0 spiro atoms. The van der Waals surface area contributed by atoms with Gasteiger partial charge in [0.25, 0.3) is 5.69 Å². The van der Waals surface area contributed by atoms with Crippen molar-refractivity contribution in [3.8, 4) is 0 Å². The van der Waals surface area contributed by atoms with E-state index in [0.29, 0.717) is 21.8 Å². The van der Waals surface area contributed by atoms with E-state index in [4.69, 9.17) is 11.6 Å². The molecule has 20 heavy (non-hydrogen) atoms. The van der Waals surface area contributed by atoms with E-state index in [9.17, 15) is 14.5 Å². The smallest absolute Gasteiger partial charge is 0.292 e. The summed E-state index contributed by atoms with van der Waals surface area (Å²) in [6.07, 6.45) is 0. The maximum atomic E-state index is 13.1. The molecular formula is C14H12ClFN2O2. The fraction of sp³-hybridized carbons (Fsp3) is 0.143. The molecule has 0 bridgehead atoms. The molecule has 0 aliphatic heterocycles. The molecule has 2 aromatic carbocycles. The highest BCUT2D eigenvalue weighted by molar-refractivity contribution is 6.31. The normalized spacial score (nSPS) is 10.3. The predicted molar refractivity (Wildman–Crippen MR) is 76.6 cm³/mol. The number of halogens is 2. The van der Waals surface area contributed by atoms with Gasteiger partial charge in [0.2, 0.25) is 0 Å². The van der Waals surface area contributed by atoms with Gasteiger partial charge in [-0.1, -0.05) is 23.7 Å². The summed E-state index contributed by atoms with van der Waals surface area (Å²) in [6.45, 7) is 1.98. The van der Waals surface area contributed by atoms with E-state index in [1.807, 2.05) is 0 Å². The molecule has 0 aliphatic carbocycles. The fourth-order valence-electron chi connectivity index (χ4n) is 1.80. The lowest BCUT2D eigenvalue weighted by atomic mass is 10.1. The summed E-state index contributed by atoms with van der Waals surface area (Å²) in [7, 11) is 0. The number of rotatable bonds is 4. The Kier molecular flexibility index (Phi) is 4.20. The van der Waals surface area contributed by atoms with Crippen molar-refractivity contribution in [2.24, 2.45) is 0 Å². The molecule has 6 heteroatoms. The maximum absolute atomic E-state index is 13.1. The average Bonchev–Trinajstić information content (AvgIpc) is 2.39. The Balaban J connectivity index is 2.24. The van der Waals surface area contributed by atoms with Gasteiger partial charge in [0.05, 0.1) is 4.92 Å². The molecule has 0 fully saturated rings. The minimum absolute atomic E-state index is 0.0525. The van der Waals surface area contributed by atoms with Crippen LogP contribution in [0.3, 0.4) is 0 Å². The van der Waals surface area contributed by atoms with Crippen LogP contribution in [0, 0.1) is 22.9 Å². The third kappa shape index (κ3) is 3.24. The Morgan fingerprint density at radius 3 is 2.75 bits per heavy atom. The number of anilines is 1. The molecule has 0 unspecified atom stereocenters. The van der Waals surface area contributed by atoms with Crippen molar-refractivity contribution in [2.45, 2.75) is 13.5 Å². The first-order valence-corrected chi connectivity index (χ1v) is 6.28. The third-order valence-electron chi connectivity index (χ3n) is 2.85. The van der Waals surface area contributed by atoms with Crippen molar-refractivity contribution in [1.82, 2.24) is 0 Å². The van der Waals surface area contributed by atoms with Crippen LogP contribution in [0.1, 0.15) is 11.1 Å². The van der Waals surface area contributed by atoms with E-state index in [0.717, 1.165) is 0 Å². The van der Waals surface area contributed by atoms with E-state index < -0.39 is 4.92 Å². The molecule has 0 heterocycles. The summed E-state index contributed by atoms with van der Waals surface area (Å²) in [6, 6.07) is 8.95. The van der Waals surface area contributed by atoms with Crippen LogP contribution in [-0.2, 0) is 6.54 Å². The number of hydrogen-bond donors (Lipinski definition) is 1. The number of aryl methyl sites for hydroxylation is 1. The highest BCUT2D eigenvalue weighted by Gasteiger charge is 2.15. The van der Waals surface area contributed by atoms with Crippen LogP contribution >= 0.6 is 11.6 Å². The van der Waals surface area contributed by atoms with Gasteiger partial charge in [0, 0.05) is 17.6 Å². The lowest BCUT2D eigenvalue weighted by Crippen LogP contribution is -2.03. The minimum atomic E-state index is -0.475. The summed E-state index contributed by atoms with van der Waals surface area (Å²) in [4.78, 5) is 10.5. The van der Waals surface area contributed by atoms with Crippen LogP contribution in [0.25, 0.3) is 0 Å². The van der Waals surface area contributed by atoms with Crippen LogP contribution in [0.15, 0.2) is 36.4 Å². The van der Waals surface area contributed by atoms with E-state index in [-0.39, 0.29) is 18.0 Å². The van der Waals surface area contributed by atoms with Crippen molar-refractivity contribution in [3.63, 3.8) is 0 Å². The second-order valence-electron chi connectivity index (χ2n) is 4.36. The molecule has 0 saturated carbocycles. The molecule has 2 aromatic rings. The number of hydrogen-bond acceptors (Lipinski definition) is 3. The SMILES string of the molecule is Cc1cc([N+](=O)[O-])c(NCc2cccc(F)c2)cc1Cl. The minimum Gasteiger partial charge on any atom is -0.375 e. The monoisotopic (exact) mass is 294 g/mol. The summed E-state index contributed by atoms with van der Waals surface area (Å²) in [5.74, 6) is -0.347. The van der Waals surface area contributed by atoms with Gasteiger partial charge in [-0.2, -0.15) is 0 Å². The summed E-state index contributed by atoms with van der Waals surface area (Å²) >= 11 is 5.97. The molecule has 0 radical (unpaired) electrons. The Morgan fingerprint density at radius 1 is 1.35 bits per heavy atom. The first kappa shape index (κ1) is 14.3. The molecule has 0 aliphatic rings. The molecule has 0 aromatic heterocycles. The van der Waals surface area contributed by atoms with Gasteiger partial charge in [0.15, 0.2) is 0 Å². The van der Waals surface area contributed by atoms with Gasteiger partial charge >= 0.3 is 0 Å². The summed E-state index contributed by atoms with van der Waals surface area (Å²) < 4.78 is 13.1. The van der Waals surface area contributed by atoms with Crippen LogP contribution < -0.4 is 5.32 Å². The van der Waals surface area contributed by atoms with Crippen molar-refractivity contribution in [2.75, 3.05) is 5.32 Å². The Labute approximate surface area is 120 Å². The van der Waals surface area contributed by atoms with Gasteiger partial charge < -0.3 is 5.32 Å². The zero-order valence-electron chi connectivity index (χ0n) is 10.7. The van der Waals surface area contributed by atoms with E-state index in [1.165, 1.54) is 24.3 Å². The van der Waals surface area contributed by atoms with Crippen molar-refractivity contribution in [3.05, 3.63) is 68.5 Å². The highest BCUT2D eigenvalue weighted by atomic mass is 35.5. The van der Waals surface area contributed by atoms with Gasteiger partial charge in [-0.05, 0) is 36.2 Å². The number of benzene rings is 2. The lowest BCUT2D eigenvalue weighted by Gasteiger charge is -2.09. The standard InChI is InChI=1S/C14H12ClFN2O2/c1-9-5-14(18(19)20)13(7-12(9)15)17-8-10-3-2-4-11(16)6-10/h2-7,17H,8H2,1H3. The second-order valence-corrected chi connectivity index (χ2v) is 4.77. The Hall–Kier alpha value is -2.14. The molecular weight excluding hydrogens is 283 g/mol.